The normalized spacial score (nSPS) is 11.0. The first-order valence-electron chi connectivity index (χ1n) is 9.82. The zero-order valence-electron chi connectivity index (χ0n) is 17.6. The molecule has 7 heteroatoms. The number of esters is 1. The third-order valence-electron chi connectivity index (χ3n) is 4.60. The molecule has 0 saturated carbocycles. The van der Waals surface area contributed by atoms with E-state index in [-0.39, 0.29) is 24.5 Å². The monoisotopic (exact) mass is 438 g/mol. The number of nitrogens with zero attached hydrogens (tertiary/aromatic N) is 1. The fourth-order valence-corrected chi connectivity index (χ4v) is 3.24. The molecular weight excluding hydrogens is 416 g/mol. The molecule has 1 heterocycles. The number of aryl methyl sites for hydroxylation is 2. The summed E-state index contributed by atoms with van der Waals surface area (Å²) < 4.78 is 10.8. The maximum absolute atomic E-state index is 12.1. The van der Waals surface area contributed by atoms with E-state index in [2.05, 4.69) is 10.5 Å². The van der Waals surface area contributed by atoms with Crippen LogP contribution >= 0.6 is 11.6 Å². The van der Waals surface area contributed by atoms with Gasteiger partial charge in [-0.1, -0.05) is 35.4 Å². The summed E-state index contributed by atoms with van der Waals surface area (Å²) in [6.45, 7) is 5.98. The number of nitrogens with one attached hydrogen (secondary N) is 1. The third-order valence-corrected chi connectivity index (χ3v) is 4.93. The first kappa shape index (κ1) is 22.3. The van der Waals surface area contributed by atoms with Crippen molar-refractivity contribution in [2.75, 3.05) is 6.61 Å². The molecule has 0 radical (unpaired) electrons. The van der Waals surface area contributed by atoms with Crippen LogP contribution in [-0.4, -0.2) is 24.7 Å². The van der Waals surface area contributed by atoms with Gasteiger partial charge in [0.05, 0.1) is 29.8 Å². The molecule has 31 heavy (non-hydrogen) atoms. The Morgan fingerprint density at radius 1 is 1.13 bits per heavy atom. The molecule has 160 valence electrons. The minimum atomic E-state index is -0.491. The standard InChI is InChI=1S/C24H23ClN2O4/c1-4-30-24(29)20-12-18(7-9-21(20)25)22-10-8-19(31-22)14-26-27-23(28)13-17-6-5-15(2)11-16(17)3/h5-12,14H,4,13H2,1-3H3,(H,27,28)/b26-14-. The number of hydrogen-bond acceptors (Lipinski definition) is 5. The Labute approximate surface area is 185 Å². The van der Waals surface area contributed by atoms with Crippen molar-refractivity contribution in [3.8, 4) is 11.3 Å². The van der Waals surface area contributed by atoms with Crippen LogP contribution in [0.4, 0.5) is 0 Å². The topological polar surface area (TPSA) is 80.9 Å². The van der Waals surface area contributed by atoms with Crippen LogP contribution in [0.5, 0.6) is 0 Å². The van der Waals surface area contributed by atoms with Crippen LogP contribution in [0.1, 0.15) is 39.7 Å². The first-order valence-corrected chi connectivity index (χ1v) is 10.2. The molecule has 0 aliphatic carbocycles. The Hall–Kier alpha value is -3.38. The molecule has 0 spiro atoms. The lowest BCUT2D eigenvalue weighted by molar-refractivity contribution is -0.120. The van der Waals surface area contributed by atoms with Gasteiger partial charge in [0.1, 0.15) is 11.5 Å². The van der Waals surface area contributed by atoms with E-state index in [1.165, 1.54) is 6.21 Å². The van der Waals surface area contributed by atoms with E-state index in [0.717, 1.165) is 16.7 Å². The molecule has 0 aliphatic heterocycles. The molecule has 6 nitrogen and oxygen atoms in total. The van der Waals surface area contributed by atoms with Gasteiger partial charge in [0, 0.05) is 5.56 Å². The van der Waals surface area contributed by atoms with E-state index in [4.69, 9.17) is 20.8 Å². The van der Waals surface area contributed by atoms with Crippen molar-refractivity contribution < 1.29 is 18.7 Å². The van der Waals surface area contributed by atoms with Crippen LogP contribution < -0.4 is 5.43 Å². The van der Waals surface area contributed by atoms with Crippen LogP contribution in [0.2, 0.25) is 5.02 Å². The van der Waals surface area contributed by atoms with Crippen molar-refractivity contribution in [2.45, 2.75) is 27.2 Å². The maximum Gasteiger partial charge on any atom is 0.339 e. The second kappa shape index (κ2) is 10.1. The Balaban J connectivity index is 1.64. The summed E-state index contributed by atoms with van der Waals surface area (Å²) in [4.78, 5) is 24.2. The van der Waals surface area contributed by atoms with E-state index >= 15 is 0 Å². The van der Waals surface area contributed by atoms with Crippen molar-refractivity contribution in [1.29, 1.82) is 0 Å². The van der Waals surface area contributed by atoms with Gasteiger partial charge in [-0.25, -0.2) is 10.2 Å². The highest BCUT2D eigenvalue weighted by atomic mass is 35.5. The number of halogens is 1. The zero-order chi connectivity index (χ0) is 22.4. The summed E-state index contributed by atoms with van der Waals surface area (Å²) in [6, 6.07) is 14.4. The first-order chi connectivity index (χ1) is 14.9. The number of carbonyl (C=O) groups is 2. The van der Waals surface area contributed by atoms with Gasteiger partial charge in [0.25, 0.3) is 0 Å². The number of furan rings is 1. The largest absolute Gasteiger partial charge is 0.462 e. The molecule has 0 fully saturated rings. The lowest BCUT2D eigenvalue weighted by Gasteiger charge is -2.06. The van der Waals surface area contributed by atoms with Crippen LogP contribution in [0.3, 0.4) is 0 Å². The van der Waals surface area contributed by atoms with Crippen LogP contribution in [-0.2, 0) is 16.0 Å². The minimum Gasteiger partial charge on any atom is -0.462 e. The SMILES string of the molecule is CCOC(=O)c1cc(-c2ccc(/C=N\NC(=O)Cc3ccc(C)cc3C)o2)ccc1Cl. The zero-order valence-corrected chi connectivity index (χ0v) is 18.3. The van der Waals surface area contributed by atoms with Crippen LogP contribution in [0.15, 0.2) is 58.0 Å². The summed E-state index contributed by atoms with van der Waals surface area (Å²) in [5.41, 5.74) is 6.63. The molecule has 2 aromatic carbocycles. The lowest BCUT2D eigenvalue weighted by Crippen LogP contribution is -2.20. The Morgan fingerprint density at radius 3 is 2.68 bits per heavy atom. The number of carbonyl (C=O) groups excluding carboxylic acids is 2. The second-order valence-corrected chi connectivity index (χ2v) is 7.42. The Kier molecular flexibility index (Phi) is 7.26. The van der Waals surface area contributed by atoms with Crippen LogP contribution in [0.25, 0.3) is 11.3 Å². The lowest BCUT2D eigenvalue weighted by atomic mass is 10.0. The minimum absolute atomic E-state index is 0.216. The molecule has 0 unspecified atom stereocenters. The van der Waals surface area contributed by atoms with E-state index in [0.29, 0.717) is 22.1 Å². The predicted octanol–water partition coefficient (Wildman–Crippen LogP) is 5.09. The van der Waals surface area contributed by atoms with Crippen molar-refractivity contribution in [2.24, 2.45) is 5.10 Å². The van der Waals surface area contributed by atoms with Gasteiger partial charge in [-0.3, -0.25) is 4.79 Å². The summed E-state index contributed by atoms with van der Waals surface area (Å²) >= 11 is 6.10. The van der Waals surface area contributed by atoms with Crippen molar-refractivity contribution in [3.63, 3.8) is 0 Å². The van der Waals surface area contributed by atoms with E-state index < -0.39 is 5.97 Å². The molecule has 0 aliphatic rings. The quantitative estimate of drug-likeness (QED) is 0.316. The van der Waals surface area contributed by atoms with Crippen molar-refractivity contribution in [3.05, 3.63) is 81.6 Å². The molecule has 1 N–H and O–H groups in total. The molecule has 0 atom stereocenters. The summed E-state index contributed by atoms with van der Waals surface area (Å²) in [5, 5.41) is 4.27. The Morgan fingerprint density at radius 2 is 1.94 bits per heavy atom. The highest BCUT2D eigenvalue weighted by molar-refractivity contribution is 6.33. The molecule has 0 bridgehead atoms. The van der Waals surface area contributed by atoms with Crippen LogP contribution in [0, 0.1) is 13.8 Å². The van der Waals surface area contributed by atoms with Gasteiger partial charge < -0.3 is 9.15 Å². The summed E-state index contributed by atoms with van der Waals surface area (Å²) in [6.07, 6.45) is 1.67. The average Bonchev–Trinajstić information content (AvgIpc) is 3.19. The number of rotatable bonds is 7. The maximum atomic E-state index is 12.1. The fraction of sp³-hybridized carbons (Fsp3) is 0.208. The molecule has 3 aromatic rings. The number of hydrazone groups is 1. The van der Waals surface area contributed by atoms with Gasteiger partial charge >= 0.3 is 5.97 Å². The van der Waals surface area contributed by atoms with Gasteiger partial charge in [-0.05, 0) is 62.2 Å². The highest BCUT2D eigenvalue weighted by Crippen LogP contribution is 2.27. The smallest absolute Gasteiger partial charge is 0.339 e. The second-order valence-electron chi connectivity index (χ2n) is 7.02. The number of amides is 1. The van der Waals surface area contributed by atoms with Crippen molar-refractivity contribution in [1.82, 2.24) is 5.43 Å². The summed E-state index contributed by atoms with van der Waals surface area (Å²) in [7, 11) is 0. The molecule has 0 saturated heterocycles. The molecular formula is C24H23ClN2O4. The highest BCUT2D eigenvalue weighted by Gasteiger charge is 2.14. The Bertz CT molecular complexity index is 1130. The number of benzene rings is 2. The number of hydrogen-bond donors (Lipinski definition) is 1. The van der Waals surface area contributed by atoms with E-state index in [1.807, 2.05) is 32.0 Å². The van der Waals surface area contributed by atoms with E-state index in [1.54, 1.807) is 37.3 Å². The van der Waals surface area contributed by atoms with Crippen molar-refractivity contribution >= 4 is 29.7 Å². The molecule has 1 aromatic heterocycles. The summed E-state index contributed by atoms with van der Waals surface area (Å²) in [5.74, 6) is 0.278. The van der Waals surface area contributed by atoms with Gasteiger partial charge in [0.2, 0.25) is 5.91 Å². The van der Waals surface area contributed by atoms with Gasteiger partial charge in [0.15, 0.2) is 0 Å². The average molecular weight is 439 g/mol. The van der Waals surface area contributed by atoms with Gasteiger partial charge in [-0.15, -0.1) is 0 Å². The number of ether oxygens (including phenoxy) is 1. The fourth-order valence-electron chi connectivity index (χ4n) is 3.05. The van der Waals surface area contributed by atoms with E-state index in [9.17, 15) is 9.59 Å². The third kappa shape index (κ3) is 5.83. The molecule has 1 amide bonds. The van der Waals surface area contributed by atoms with Gasteiger partial charge in [-0.2, -0.15) is 5.10 Å². The predicted molar refractivity (Wildman–Crippen MR) is 120 cm³/mol. The molecule has 3 rings (SSSR count).